The maximum absolute atomic E-state index is 11.7. The monoisotopic (exact) mass is 509 g/mol. The van der Waals surface area contributed by atoms with E-state index in [-0.39, 0.29) is 35.8 Å². The molecule has 4 N–H and O–H groups in total. The minimum atomic E-state index is -0.108. The van der Waals surface area contributed by atoms with E-state index in [1.807, 2.05) is 36.4 Å². The lowest BCUT2D eigenvalue weighted by Gasteiger charge is -2.13. The lowest BCUT2D eigenvalue weighted by molar-refractivity contribution is 0.0955. The Hall–Kier alpha value is -2.62. The molecular weight excluding hydrogens is 481 g/mol. The molecule has 7 nitrogen and oxygen atoms in total. The Morgan fingerprint density at radius 3 is 1.97 bits per heavy atom. The highest BCUT2D eigenvalue weighted by Gasteiger charge is 2.06. The Morgan fingerprint density at radius 2 is 1.41 bits per heavy atom. The Kier molecular flexibility index (Phi) is 10.7. The van der Waals surface area contributed by atoms with Gasteiger partial charge in [-0.05, 0) is 41.8 Å². The Balaban J connectivity index is 0.00000420. The SMILES string of the molecule is CN=C(NCCc1cccc(C(=O)NC)c1)NCc1cccc(C(=O)NC)c1.I. The lowest BCUT2D eigenvalue weighted by atomic mass is 10.1. The second kappa shape index (κ2) is 12.8. The smallest absolute Gasteiger partial charge is 0.251 e. The molecule has 29 heavy (non-hydrogen) atoms. The summed E-state index contributed by atoms with van der Waals surface area (Å²) in [4.78, 5) is 27.7. The molecule has 0 heterocycles. The van der Waals surface area contributed by atoms with Crippen LogP contribution in [0.25, 0.3) is 0 Å². The molecule has 0 aliphatic heterocycles. The summed E-state index contributed by atoms with van der Waals surface area (Å²) in [5, 5.41) is 11.7. The van der Waals surface area contributed by atoms with E-state index in [1.54, 1.807) is 33.3 Å². The molecule has 0 bridgehead atoms. The summed E-state index contributed by atoms with van der Waals surface area (Å²) in [6.07, 6.45) is 0.762. The molecule has 0 aromatic heterocycles. The molecule has 0 aliphatic rings. The summed E-state index contributed by atoms with van der Waals surface area (Å²) in [5.74, 6) is 0.474. The summed E-state index contributed by atoms with van der Waals surface area (Å²) < 4.78 is 0. The predicted molar refractivity (Wildman–Crippen MR) is 127 cm³/mol. The quantitative estimate of drug-likeness (QED) is 0.261. The van der Waals surface area contributed by atoms with Crippen LogP contribution in [0.2, 0.25) is 0 Å². The third kappa shape index (κ3) is 7.72. The van der Waals surface area contributed by atoms with Gasteiger partial charge in [-0.1, -0.05) is 24.3 Å². The highest BCUT2D eigenvalue weighted by atomic mass is 127. The second-order valence-corrected chi connectivity index (χ2v) is 6.16. The number of nitrogens with one attached hydrogen (secondary N) is 4. The summed E-state index contributed by atoms with van der Waals surface area (Å²) in [7, 11) is 4.95. The Morgan fingerprint density at radius 1 is 0.862 bits per heavy atom. The van der Waals surface area contributed by atoms with E-state index in [0.29, 0.717) is 30.2 Å². The Labute approximate surface area is 188 Å². The predicted octanol–water partition coefficient (Wildman–Crippen LogP) is 1.93. The van der Waals surface area contributed by atoms with Gasteiger partial charge >= 0.3 is 0 Å². The van der Waals surface area contributed by atoms with Crippen molar-refractivity contribution in [1.29, 1.82) is 0 Å². The van der Waals surface area contributed by atoms with Crippen LogP contribution >= 0.6 is 24.0 Å². The third-order valence-electron chi connectivity index (χ3n) is 4.22. The van der Waals surface area contributed by atoms with Crippen molar-refractivity contribution in [2.24, 2.45) is 4.99 Å². The number of hydrogen-bond acceptors (Lipinski definition) is 3. The Bertz CT molecular complexity index is 854. The molecule has 2 amide bonds. The molecular formula is C21H28IN5O2. The molecule has 0 saturated heterocycles. The molecule has 156 valence electrons. The van der Waals surface area contributed by atoms with E-state index in [0.717, 1.165) is 17.5 Å². The van der Waals surface area contributed by atoms with Crippen molar-refractivity contribution >= 4 is 41.8 Å². The van der Waals surface area contributed by atoms with Crippen LogP contribution in [0.15, 0.2) is 53.5 Å². The molecule has 0 spiro atoms. The summed E-state index contributed by atoms with van der Waals surface area (Å²) in [5.41, 5.74) is 3.34. The molecule has 0 aliphatic carbocycles. The van der Waals surface area contributed by atoms with Gasteiger partial charge in [-0.2, -0.15) is 0 Å². The zero-order chi connectivity index (χ0) is 20.4. The number of rotatable bonds is 7. The minimum Gasteiger partial charge on any atom is -0.356 e. The van der Waals surface area contributed by atoms with Crippen LogP contribution in [-0.4, -0.2) is 45.5 Å². The van der Waals surface area contributed by atoms with Gasteiger partial charge in [-0.25, -0.2) is 0 Å². The lowest BCUT2D eigenvalue weighted by Crippen LogP contribution is -2.37. The van der Waals surface area contributed by atoms with Crippen molar-refractivity contribution in [1.82, 2.24) is 21.3 Å². The van der Waals surface area contributed by atoms with E-state index in [1.165, 1.54) is 0 Å². The van der Waals surface area contributed by atoms with Crippen molar-refractivity contribution < 1.29 is 9.59 Å². The molecule has 0 fully saturated rings. The molecule has 0 atom stereocenters. The van der Waals surface area contributed by atoms with Crippen LogP contribution in [0.4, 0.5) is 0 Å². The van der Waals surface area contributed by atoms with Crippen LogP contribution in [0.1, 0.15) is 31.8 Å². The minimum absolute atomic E-state index is 0. The highest BCUT2D eigenvalue weighted by molar-refractivity contribution is 14.0. The first-order chi connectivity index (χ1) is 13.6. The highest BCUT2D eigenvalue weighted by Crippen LogP contribution is 2.06. The fourth-order valence-electron chi connectivity index (χ4n) is 2.71. The van der Waals surface area contributed by atoms with Gasteiger partial charge in [0.25, 0.3) is 11.8 Å². The summed E-state index contributed by atoms with van der Waals surface area (Å²) in [6.45, 7) is 1.23. The molecule has 8 heteroatoms. The molecule has 2 aromatic rings. The van der Waals surface area contributed by atoms with Gasteiger partial charge in [-0.3, -0.25) is 14.6 Å². The number of nitrogens with zero attached hydrogens (tertiary/aromatic N) is 1. The molecule has 0 unspecified atom stereocenters. The maximum Gasteiger partial charge on any atom is 0.251 e. The number of benzene rings is 2. The third-order valence-corrected chi connectivity index (χ3v) is 4.22. The van der Waals surface area contributed by atoms with Gasteiger partial charge in [0.15, 0.2) is 5.96 Å². The number of halogens is 1. The van der Waals surface area contributed by atoms with Crippen LogP contribution in [0, 0.1) is 0 Å². The van der Waals surface area contributed by atoms with Crippen LogP contribution in [0.3, 0.4) is 0 Å². The number of amides is 2. The first-order valence-corrected chi connectivity index (χ1v) is 9.14. The molecule has 0 radical (unpaired) electrons. The van der Waals surface area contributed by atoms with E-state index >= 15 is 0 Å². The van der Waals surface area contributed by atoms with Crippen LogP contribution < -0.4 is 21.3 Å². The number of carbonyl (C=O) groups is 2. The van der Waals surface area contributed by atoms with E-state index in [4.69, 9.17) is 0 Å². The standard InChI is InChI=1S/C21H27N5O2.HI/c1-22-19(27)17-8-4-6-15(12-17)10-11-25-21(24-3)26-14-16-7-5-9-18(13-16)20(28)23-2;/h4-9,12-13H,10-11,14H2,1-3H3,(H,22,27)(H,23,28)(H2,24,25,26);1H. The largest absolute Gasteiger partial charge is 0.356 e. The van der Waals surface area contributed by atoms with E-state index in [9.17, 15) is 9.59 Å². The van der Waals surface area contributed by atoms with Crippen molar-refractivity contribution in [3.05, 3.63) is 70.8 Å². The fraction of sp³-hybridized carbons (Fsp3) is 0.286. The zero-order valence-electron chi connectivity index (χ0n) is 16.9. The van der Waals surface area contributed by atoms with Gasteiger partial charge in [0.1, 0.15) is 0 Å². The normalized spacial score (nSPS) is 10.5. The first kappa shape index (κ1) is 24.4. The second-order valence-electron chi connectivity index (χ2n) is 6.16. The zero-order valence-corrected chi connectivity index (χ0v) is 19.2. The first-order valence-electron chi connectivity index (χ1n) is 9.14. The number of carbonyl (C=O) groups excluding carboxylic acids is 2. The van der Waals surface area contributed by atoms with Gasteiger partial charge in [0.05, 0.1) is 0 Å². The van der Waals surface area contributed by atoms with Gasteiger partial charge in [0.2, 0.25) is 0 Å². The van der Waals surface area contributed by atoms with E-state index in [2.05, 4.69) is 26.3 Å². The van der Waals surface area contributed by atoms with Crippen LogP contribution in [-0.2, 0) is 13.0 Å². The van der Waals surface area contributed by atoms with Gasteiger partial charge in [0, 0.05) is 45.4 Å². The number of aliphatic imine (C=N–C) groups is 1. The van der Waals surface area contributed by atoms with Crippen molar-refractivity contribution in [3.63, 3.8) is 0 Å². The molecule has 2 rings (SSSR count). The average molecular weight is 509 g/mol. The van der Waals surface area contributed by atoms with Gasteiger partial charge in [-0.15, -0.1) is 24.0 Å². The van der Waals surface area contributed by atoms with Crippen molar-refractivity contribution in [3.8, 4) is 0 Å². The average Bonchev–Trinajstić information content (AvgIpc) is 2.75. The van der Waals surface area contributed by atoms with E-state index < -0.39 is 0 Å². The van der Waals surface area contributed by atoms with Crippen LogP contribution in [0.5, 0.6) is 0 Å². The number of guanidine groups is 1. The van der Waals surface area contributed by atoms with Gasteiger partial charge < -0.3 is 21.3 Å². The fourth-order valence-corrected chi connectivity index (χ4v) is 2.71. The molecule has 2 aromatic carbocycles. The maximum atomic E-state index is 11.7. The van der Waals surface area contributed by atoms with Crippen molar-refractivity contribution in [2.45, 2.75) is 13.0 Å². The summed E-state index contributed by atoms with van der Waals surface area (Å²) in [6, 6.07) is 15.0. The number of hydrogen-bond donors (Lipinski definition) is 4. The summed E-state index contributed by atoms with van der Waals surface area (Å²) >= 11 is 0. The topological polar surface area (TPSA) is 94.6 Å². The molecule has 0 saturated carbocycles. The van der Waals surface area contributed by atoms with Crippen molar-refractivity contribution in [2.75, 3.05) is 27.7 Å².